The van der Waals surface area contributed by atoms with Crippen molar-refractivity contribution in [3.63, 3.8) is 0 Å². The van der Waals surface area contributed by atoms with Crippen LogP contribution in [-0.2, 0) is 19.5 Å². The third kappa shape index (κ3) is 4.54. The maximum Gasteiger partial charge on any atom is 0.259 e. The molecule has 0 spiro atoms. The number of nitrogens with zero attached hydrogens (tertiary/aromatic N) is 3. The molecule has 34 heavy (non-hydrogen) atoms. The summed E-state index contributed by atoms with van der Waals surface area (Å²) in [5, 5.41) is 1.34. The molecule has 0 atom stereocenters. The molecule has 0 unspecified atom stereocenters. The van der Waals surface area contributed by atoms with E-state index in [2.05, 4.69) is 29.2 Å². The molecule has 5 rings (SSSR count). The average Bonchev–Trinajstić information content (AvgIpc) is 2.85. The van der Waals surface area contributed by atoms with Crippen LogP contribution in [0.4, 0.5) is 0 Å². The number of benzene rings is 3. The quantitative estimate of drug-likeness (QED) is 0.342. The number of hydrogen-bond donors (Lipinski definition) is 0. The van der Waals surface area contributed by atoms with E-state index in [0.717, 1.165) is 46.7 Å². The SMILES string of the molecule is Cc1nc2c(c(=O)n1C(c1ccccc1)c1ccccc1)CN(Cc1cc(Cl)ccc1Cl)CC2. The van der Waals surface area contributed by atoms with Crippen molar-refractivity contribution in [3.05, 3.63) is 133 Å². The van der Waals surface area contributed by atoms with E-state index in [1.165, 1.54) is 0 Å². The van der Waals surface area contributed by atoms with Gasteiger partial charge < -0.3 is 0 Å². The zero-order valence-electron chi connectivity index (χ0n) is 18.9. The normalized spacial score (nSPS) is 13.8. The molecule has 0 bridgehead atoms. The van der Waals surface area contributed by atoms with Gasteiger partial charge in [-0.05, 0) is 41.8 Å². The molecule has 3 aromatic carbocycles. The highest BCUT2D eigenvalue weighted by molar-refractivity contribution is 6.33. The van der Waals surface area contributed by atoms with Gasteiger partial charge in [-0.1, -0.05) is 83.9 Å². The molecule has 4 aromatic rings. The fourth-order valence-corrected chi connectivity index (χ4v) is 5.14. The van der Waals surface area contributed by atoms with Crippen molar-refractivity contribution in [1.29, 1.82) is 0 Å². The fourth-order valence-electron chi connectivity index (χ4n) is 4.77. The van der Waals surface area contributed by atoms with Crippen LogP contribution < -0.4 is 5.56 Å². The summed E-state index contributed by atoms with van der Waals surface area (Å²) >= 11 is 12.6. The van der Waals surface area contributed by atoms with Gasteiger partial charge >= 0.3 is 0 Å². The van der Waals surface area contributed by atoms with E-state index in [-0.39, 0.29) is 11.6 Å². The monoisotopic (exact) mass is 489 g/mol. The lowest BCUT2D eigenvalue weighted by atomic mass is 9.97. The summed E-state index contributed by atoms with van der Waals surface area (Å²) in [6.07, 6.45) is 0.728. The van der Waals surface area contributed by atoms with E-state index in [4.69, 9.17) is 28.2 Å². The molecule has 0 N–H and O–H groups in total. The smallest absolute Gasteiger partial charge is 0.259 e. The van der Waals surface area contributed by atoms with Crippen LogP contribution in [0.3, 0.4) is 0 Å². The summed E-state index contributed by atoms with van der Waals surface area (Å²) < 4.78 is 1.85. The van der Waals surface area contributed by atoms with E-state index in [1.807, 2.05) is 60.0 Å². The van der Waals surface area contributed by atoms with Crippen LogP contribution in [0.5, 0.6) is 0 Å². The molecule has 0 saturated heterocycles. The van der Waals surface area contributed by atoms with Gasteiger partial charge in [-0.25, -0.2) is 4.98 Å². The highest BCUT2D eigenvalue weighted by atomic mass is 35.5. The average molecular weight is 490 g/mol. The minimum atomic E-state index is -0.245. The summed E-state index contributed by atoms with van der Waals surface area (Å²) in [6, 6.07) is 25.5. The number of rotatable bonds is 5. The van der Waals surface area contributed by atoms with Gasteiger partial charge in [-0.3, -0.25) is 14.3 Å². The third-order valence-corrected chi connectivity index (χ3v) is 7.01. The number of halogens is 2. The van der Waals surface area contributed by atoms with Crippen molar-refractivity contribution in [2.75, 3.05) is 6.54 Å². The Morgan fingerprint density at radius 1 is 0.941 bits per heavy atom. The summed E-state index contributed by atoms with van der Waals surface area (Å²) in [7, 11) is 0. The van der Waals surface area contributed by atoms with Gasteiger partial charge in [0.1, 0.15) is 5.82 Å². The Bertz CT molecular complexity index is 1330. The molecule has 6 heteroatoms. The van der Waals surface area contributed by atoms with Crippen LogP contribution in [0.1, 0.15) is 39.8 Å². The van der Waals surface area contributed by atoms with Gasteiger partial charge in [0.25, 0.3) is 5.56 Å². The highest BCUT2D eigenvalue weighted by Crippen LogP contribution is 2.28. The Kier molecular flexibility index (Phi) is 6.55. The second kappa shape index (κ2) is 9.75. The van der Waals surface area contributed by atoms with E-state index >= 15 is 0 Å². The van der Waals surface area contributed by atoms with Crippen LogP contribution in [0.15, 0.2) is 83.7 Å². The number of aryl methyl sites for hydroxylation is 1. The number of hydrogen-bond acceptors (Lipinski definition) is 3. The first-order valence-corrected chi connectivity index (χ1v) is 12.1. The first-order valence-electron chi connectivity index (χ1n) is 11.4. The molecule has 1 aromatic heterocycles. The van der Waals surface area contributed by atoms with Gasteiger partial charge in [0.05, 0.1) is 17.3 Å². The van der Waals surface area contributed by atoms with Gasteiger partial charge in [-0.2, -0.15) is 0 Å². The summed E-state index contributed by atoms with van der Waals surface area (Å²) in [6.45, 7) is 3.90. The van der Waals surface area contributed by atoms with Gasteiger partial charge in [0.15, 0.2) is 0 Å². The molecule has 1 aliphatic heterocycles. The summed E-state index contributed by atoms with van der Waals surface area (Å²) in [5.74, 6) is 0.729. The van der Waals surface area contributed by atoms with E-state index < -0.39 is 0 Å². The maximum atomic E-state index is 14.0. The van der Waals surface area contributed by atoms with Crippen molar-refractivity contribution >= 4 is 23.2 Å². The van der Waals surface area contributed by atoms with Crippen LogP contribution in [0.25, 0.3) is 0 Å². The Labute approximate surface area is 209 Å². The van der Waals surface area contributed by atoms with Crippen LogP contribution >= 0.6 is 23.2 Å². The standard InChI is InChI=1S/C28H25Cl2N3O/c1-19-31-26-14-15-32(17-22-16-23(29)12-13-25(22)30)18-24(26)28(34)33(19)27(20-8-4-2-5-9-20)21-10-6-3-7-11-21/h2-13,16,27H,14-15,17-18H2,1H3. The fraction of sp³-hybridized carbons (Fsp3) is 0.214. The van der Waals surface area contributed by atoms with Crippen LogP contribution in [-0.4, -0.2) is 21.0 Å². The number of aromatic nitrogens is 2. The molecule has 1 aliphatic rings. The summed E-state index contributed by atoms with van der Waals surface area (Å²) in [5.41, 5.74) is 4.74. The van der Waals surface area contributed by atoms with E-state index in [9.17, 15) is 4.79 Å². The molecule has 0 fully saturated rings. The minimum Gasteiger partial charge on any atom is -0.294 e. The molecule has 0 aliphatic carbocycles. The van der Waals surface area contributed by atoms with Crippen molar-refractivity contribution in [1.82, 2.24) is 14.5 Å². The Morgan fingerprint density at radius 2 is 1.59 bits per heavy atom. The molecule has 0 radical (unpaired) electrons. The molecule has 172 valence electrons. The molecular formula is C28H25Cl2N3O. The van der Waals surface area contributed by atoms with Gasteiger partial charge in [0.2, 0.25) is 0 Å². The zero-order valence-corrected chi connectivity index (χ0v) is 20.4. The predicted molar refractivity (Wildman–Crippen MR) is 138 cm³/mol. The zero-order chi connectivity index (χ0) is 23.7. The first kappa shape index (κ1) is 22.9. The second-order valence-electron chi connectivity index (χ2n) is 8.68. The lowest BCUT2D eigenvalue weighted by Gasteiger charge is -2.30. The number of fused-ring (bicyclic) bond motifs is 1. The van der Waals surface area contributed by atoms with Gasteiger partial charge in [0, 0.05) is 36.1 Å². The molecular weight excluding hydrogens is 465 g/mol. The maximum absolute atomic E-state index is 14.0. The van der Waals surface area contributed by atoms with Crippen LogP contribution in [0.2, 0.25) is 10.0 Å². The Hall–Kier alpha value is -2.92. The van der Waals surface area contributed by atoms with E-state index in [0.29, 0.717) is 23.1 Å². The van der Waals surface area contributed by atoms with Gasteiger partial charge in [-0.15, -0.1) is 0 Å². The lowest BCUT2D eigenvalue weighted by Crippen LogP contribution is -2.40. The van der Waals surface area contributed by atoms with Crippen LogP contribution in [0, 0.1) is 6.92 Å². The minimum absolute atomic E-state index is 0.0158. The highest BCUT2D eigenvalue weighted by Gasteiger charge is 2.27. The predicted octanol–water partition coefficient (Wildman–Crippen LogP) is 6.05. The largest absolute Gasteiger partial charge is 0.294 e. The van der Waals surface area contributed by atoms with Crippen molar-refractivity contribution in [2.45, 2.75) is 32.5 Å². The first-order chi connectivity index (χ1) is 16.5. The second-order valence-corrected chi connectivity index (χ2v) is 9.52. The molecule has 0 amide bonds. The Morgan fingerprint density at radius 3 is 2.24 bits per heavy atom. The van der Waals surface area contributed by atoms with Crippen molar-refractivity contribution in [2.24, 2.45) is 0 Å². The topological polar surface area (TPSA) is 38.1 Å². The summed E-state index contributed by atoms with van der Waals surface area (Å²) in [4.78, 5) is 21.1. The van der Waals surface area contributed by atoms with Crippen molar-refractivity contribution in [3.8, 4) is 0 Å². The molecule has 2 heterocycles. The lowest BCUT2D eigenvalue weighted by molar-refractivity contribution is 0.240. The third-order valence-electron chi connectivity index (χ3n) is 6.41. The molecule has 4 nitrogen and oxygen atoms in total. The van der Waals surface area contributed by atoms with Crippen molar-refractivity contribution < 1.29 is 0 Å². The Balaban J connectivity index is 1.56. The molecule has 0 saturated carbocycles. The van der Waals surface area contributed by atoms with E-state index in [1.54, 1.807) is 6.07 Å².